The van der Waals surface area contributed by atoms with Gasteiger partial charge in [0.05, 0.1) is 5.41 Å². The van der Waals surface area contributed by atoms with E-state index in [1.807, 2.05) is 0 Å². The van der Waals surface area contributed by atoms with Gasteiger partial charge < -0.3 is 9.32 Å². The summed E-state index contributed by atoms with van der Waals surface area (Å²) in [4.78, 5) is 2.41. The molecule has 11 aromatic carbocycles. The summed E-state index contributed by atoms with van der Waals surface area (Å²) >= 11 is 0. The number of hydrogen-bond acceptors (Lipinski definition) is 2. The minimum atomic E-state index is -0.510. The summed E-state index contributed by atoms with van der Waals surface area (Å²) in [6, 6.07) is 99.0. The third-order valence-electron chi connectivity index (χ3n) is 14.2. The van der Waals surface area contributed by atoms with Crippen LogP contribution < -0.4 is 4.90 Å². The zero-order chi connectivity index (χ0) is 45.7. The van der Waals surface area contributed by atoms with Gasteiger partial charge in [-0.2, -0.15) is 0 Å². The molecule has 0 aliphatic heterocycles. The van der Waals surface area contributed by atoms with Crippen molar-refractivity contribution in [3.8, 4) is 55.6 Å². The van der Waals surface area contributed by atoms with Gasteiger partial charge in [-0.3, -0.25) is 0 Å². The van der Waals surface area contributed by atoms with E-state index in [1.165, 1.54) is 44.5 Å². The zero-order valence-corrected chi connectivity index (χ0v) is 37.8. The fourth-order valence-corrected chi connectivity index (χ4v) is 11.0. The monoisotopic (exact) mass is 879 g/mol. The Kier molecular flexibility index (Phi) is 9.77. The van der Waals surface area contributed by atoms with Crippen LogP contribution in [-0.2, 0) is 5.41 Å². The summed E-state index contributed by atoms with van der Waals surface area (Å²) in [7, 11) is 0. The van der Waals surface area contributed by atoms with Crippen LogP contribution in [0.25, 0.3) is 77.6 Å². The fourth-order valence-electron chi connectivity index (χ4n) is 11.0. The van der Waals surface area contributed by atoms with Crippen molar-refractivity contribution in [2.45, 2.75) is 5.41 Å². The molecule has 13 rings (SSSR count). The lowest BCUT2D eigenvalue weighted by Gasteiger charge is -2.35. The number of para-hydroxylation sites is 2. The van der Waals surface area contributed by atoms with E-state index in [9.17, 15) is 0 Å². The van der Waals surface area contributed by atoms with E-state index in [4.69, 9.17) is 4.42 Å². The third kappa shape index (κ3) is 6.72. The molecule has 0 bridgehead atoms. The lowest BCUT2D eigenvalue weighted by molar-refractivity contribution is 0.671. The van der Waals surface area contributed by atoms with Crippen molar-refractivity contribution in [1.82, 2.24) is 0 Å². The minimum Gasteiger partial charge on any atom is -0.455 e. The summed E-state index contributed by atoms with van der Waals surface area (Å²) in [5.41, 5.74) is 21.3. The Morgan fingerprint density at radius 1 is 0.261 bits per heavy atom. The second-order valence-electron chi connectivity index (χ2n) is 18.0. The Bertz CT molecular complexity index is 3740. The predicted molar refractivity (Wildman–Crippen MR) is 287 cm³/mol. The molecule has 1 aliphatic rings. The predicted octanol–water partition coefficient (Wildman–Crippen LogP) is 18.1. The first kappa shape index (κ1) is 40.3. The number of nitrogens with zero attached hydrogens (tertiary/aromatic N) is 1. The quantitative estimate of drug-likeness (QED) is 0.144. The number of furan rings is 1. The van der Waals surface area contributed by atoms with Crippen molar-refractivity contribution in [3.63, 3.8) is 0 Å². The Morgan fingerprint density at radius 3 is 1.17 bits per heavy atom. The number of fused-ring (bicyclic) bond motifs is 6. The number of benzene rings is 11. The standard InChI is InChI=1S/C67H45NO/c1-5-17-46(18-6-1)48-35-39-54(40-36-48)68(56-43-44-60-59-25-13-14-30-63(59)67(64(60)45-56,52-21-9-3-10-22-52)53-23-11-4-12-24-53)55-41-37-49(38-42-55)47-31-33-51(34-32-47)58-27-16-29-62-61-28-15-26-57(65(61)69-66(58)62)50-19-7-2-8-20-50/h1-45H. The highest BCUT2D eigenvalue weighted by atomic mass is 16.3. The van der Waals surface area contributed by atoms with Crippen LogP contribution in [0.3, 0.4) is 0 Å². The second-order valence-corrected chi connectivity index (χ2v) is 18.0. The maximum absolute atomic E-state index is 6.77. The van der Waals surface area contributed by atoms with Gasteiger partial charge >= 0.3 is 0 Å². The van der Waals surface area contributed by atoms with E-state index in [-0.39, 0.29) is 0 Å². The topological polar surface area (TPSA) is 16.4 Å². The second kappa shape index (κ2) is 16.7. The smallest absolute Gasteiger partial charge is 0.143 e. The molecular formula is C67H45NO. The highest BCUT2D eigenvalue weighted by Gasteiger charge is 2.46. The Labute approximate surface area is 402 Å². The molecule has 1 aliphatic carbocycles. The molecule has 69 heavy (non-hydrogen) atoms. The first-order valence-electron chi connectivity index (χ1n) is 23.7. The van der Waals surface area contributed by atoms with Crippen LogP contribution >= 0.6 is 0 Å². The molecule has 324 valence electrons. The summed E-state index contributed by atoms with van der Waals surface area (Å²) in [6.07, 6.45) is 0. The highest BCUT2D eigenvalue weighted by Crippen LogP contribution is 2.57. The summed E-state index contributed by atoms with van der Waals surface area (Å²) < 4.78 is 6.77. The van der Waals surface area contributed by atoms with E-state index in [0.29, 0.717) is 0 Å². The van der Waals surface area contributed by atoms with E-state index in [0.717, 1.165) is 72.4 Å². The molecule has 0 fully saturated rings. The third-order valence-corrected chi connectivity index (χ3v) is 14.2. The van der Waals surface area contributed by atoms with Crippen LogP contribution in [0, 0.1) is 0 Å². The molecule has 0 spiro atoms. The van der Waals surface area contributed by atoms with E-state index < -0.39 is 5.41 Å². The van der Waals surface area contributed by atoms with Crippen LogP contribution in [0.2, 0.25) is 0 Å². The molecule has 1 heterocycles. The van der Waals surface area contributed by atoms with E-state index >= 15 is 0 Å². The Morgan fingerprint density at radius 2 is 0.638 bits per heavy atom. The largest absolute Gasteiger partial charge is 0.455 e. The van der Waals surface area contributed by atoms with Gasteiger partial charge in [0.15, 0.2) is 0 Å². The lowest BCUT2D eigenvalue weighted by atomic mass is 9.67. The zero-order valence-electron chi connectivity index (χ0n) is 37.8. The lowest BCUT2D eigenvalue weighted by Crippen LogP contribution is -2.28. The first-order valence-corrected chi connectivity index (χ1v) is 23.7. The van der Waals surface area contributed by atoms with Crippen LogP contribution in [0.15, 0.2) is 277 Å². The van der Waals surface area contributed by atoms with Gasteiger partial charge in [0, 0.05) is 39.0 Å². The van der Waals surface area contributed by atoms with Crippen molar-refractivity contribution in [3.05, 3.63) is 295 Å². The fraction of sp³-hybridized carbons (Fsp3) is 0.0149. The molecule has 1 aromatic heterocycles. The number of anilines is 3. The average Bonchev–Trinajstić information content (AvgIpc) is 3.96. The minimum absolute atomic E-state index is 0.510. The van der Waals surface area contributed by atoms with Gasteiger partial charge in [0.1, 0.15) is 11.2 Å². The number of hydrogen-bond donors (Lipinski definition) is 0. The van der Waals surface area contributed by atoms with Gasteiger partial charge in [-0.15, -0.1) is 0 Å². The molecule has 0 radical (unpaired) electrons. The molecule has 0 saturated carbocycles. The summed E-state index contributed by atoms with van der Waals surface area (Å²) in [5, 5.41) is 2.25. The summed E-state index contributed by atoms with van der Waals surface area (Å²) in [6.45, 7) is 0. The van der Waals surface area contributed by atoms with Gasteiger partial charge in [0.2, 0.25) is 0 Å². The molecule has 0 amide bonds. The normalized spacial score (nSPS) is 12.5. The van der Waals surface area contributed by atoms with Gasteiger partial charge in [-0.1, -0.05) is 237 Å². The first-order chi connectivity index (χ1) is 34.2. The Hall–Kier alpha value is -8.98. The molecule has 12 aromatic rings. The van der Waals surface area contributed by atoms with Crippen LogP contribution in [-0.4, -0.2) is 0 Å². The molecular weight excluding hydrogens is 835 g/mol. The van der Waals surface area contributed by atoms with Crippen LogP contribution in [0.5, 0.6) is 0 Å². The van der Waals surface area contributed by atoms with Crippen LogP contribution in [0.1, 0.15) is 22.3 Å². The number of rotatable bonds is 9. The van der Waals surface area contributed by atoms with Crippen molar-refractivity contribution in [2.24, 2.45) is 0 Å². The highest BCUT2D eigenvalue weighted by molar-refractivity contribution is 6.13. The van der Waals surface area contributed by atoms with E-state index in [2.05, 4.69) is 278 Å². The molecule has 0 unspecified atom stereocenters. The molecule has 0 atom stereocenters. The van der Waals surface area contributed by atoms with Crippen LogP contribution in [0.4, 0.5) is 17.1 Å². The van der Waals surface area contributed by atoms with Gasteiger partial charge in [-0.05, 0) is 103 Å². The molecule has 0 N–H and O–H groups in total. The molecule has 0 saturated heterocycles. The van der Waals surface area contributed by atoms with Crippen molar-refractivity contribution >= 4 is 39.0 Å². The molecule has 2 nitrogen and oxygen atoms in total. The molecule has 2 heteroatoms. The van der Waals surface area contributed by atoms with Crippen molar-refractivity contribution in [1.29, 1.82) is 0 Å². The SMILES string of the molecule is c1ccc(-c2ccc(N(c3ccc(-c4ccc(-c5cccc6c5oc5c(-c7ccccc7)cccc56)cc4)cc3)c3ccc4c(c3)C(c3ccccc3)(c3ccccc3)c3ccccc3-4)cc2)cc1. The van der Waals surface area contributed by atoms with E-state index in [1.54, 1.807) is 0 Å². The van der Waals surface area contributed by atoms with Crippen molar-refractivity contribution < 1.29 is 4.42 Å². The summed E-state index contributed by atoms with van der Waals surface area (Å²) in [5.74, 6) is 0. The average molecular weight is 880 g/mol. The Balaban J connectivity index is 0.900. The van der Waals surface area contributed by atoms with Crippen molar-refractivity contribution in [2.75, 3.05) is 4.90 Å². The van der Waals surface area contributed by atoms with Gasteiger partial charge in [0.25, 0.3) is 0 Å². The maximum Gasteiger partial charge on any atom is 0.143 e. The van der Waals surface area contributed by atoms with Gasteiger partial charge in [-0.25, -0.2) is 0 Å². The maximum atomic E-state index is 6.77.